The largest absolute Gasteiger partial charge is 0.378 e. The summed E-state index contributed by atoms with van der Waals surface area (Å²) >= 11 is 0. The van der Waals surface area contributed by atoms with Crippen LogP contribution in [0.1, 0.15) is 39.0 Å². The fourth-order valence-corrected chi connectivity index (χ4v) is 1.73. The van der Waals surface area contributed by atoms with E-state index in [1.54, 1.807) is 0 Å². The van der Waals surface area contributed by atoms with Gasteiger partial charge in [0.15, 0.2) is 0 Å². The maximum absolute atomic E-state index is 8.47. The lowest BCUT2D eigenvalue weighted by Crippen LogP contribution is -2.30. The van der Waals surface area contributed by atoms with Gasteiger partial charge in [-0.2, -0.15) is 5.26 Å². The van der Waals surface area contributed by atoms with Crippen molar-refractivity contribution in [3.05, 3.63) is 0 Å². The molecule has 2 unspecified atom stereocenters. The molecule has 1 aliphatic rings. The average Bonchev–Trinajstić information content (AvgIpc) is 2.20. The number of hydrogen-bond acceptors (Lipinski definition) is 3. The van der Waals surface area contributed by atoms with E-state index in [0.29, 0.717) is 18.6 Å². The van der Waals surface area contributed by atoms with Crippen molar-refractivity contribution in [3.8, 4) is 6.07 Å². The molecular formula is C11H20N2O. The second-order valence-electron chi connectivity index (χ2n) is 3.99. The summed E-state index contributed by atoms with van der Waals surface area (Å²) in [4.78, 5) is 0. The molecule has 1 fully saturated rings. The van der Waals surface area contributed by atoms with Gasteiger partial charge in [0.1, 0.15) is 0 Å². The van der Waals surface area contributed by atoms with E-state index < -0.39 is 0 Å². The average molecular weight is 196 g/mol. The molecule has 1 rings (SSSR count). The van der Waals surface area contributed by atoms with Gasteiger partial charge in [0, 0.05) is 12.6 Å². The minimum Gasteiger partial charge on any atom is -0.378 e. The van der Waals surface area contributed by atoms with Gasteiger partial charge < -0.3 is 10.1 Å². The van der Waals surface area contributed by atoms with Gasteiger partial charge in [0.2, 0.25) is 0 Å². The highest BCUT2D eigenvalue weighted by Crippen LogP contribution is 2.14. The Kier molecular flexibility index (Phi) is 5.58. The van der Waals surface area contributed by atoms with Gasteiger partial charge >= 0.3 is 0 Å². The van der Waals surface area contributed by atoms with Gasteiger partial charge in [-0.15, -0.1) is 0 Å². The van der Waals surface area contributed by atoms with Gasteiger partial charge in [-0.05, 0) is 39.2 Å². The van der Waals surface area contributed by atoms with Crippen molar-refractivity contribution in [1.82, 2.24) is 5.32 Å². The Labute approximate surface area is 86.4 Å². The molecule has 2 atom stereocenters. The number of nitrogens with one attached hydrogen (secondary N) is 1. The van der Waals surface area contributed by atoms with E-state index in [9.17, 15) is 0 Å². The van der Waals surface area contributed by atoms with E-state index in [1.165, 1.54) is 19.3 Å². The molecule has 1 N–H and O–H groups in total. The van der Waals surface area contributed by atoms with Crippen LogP contribution in [0.15, 0.2) is 0 Å². The normalized spacial score (nSPS) is 24.1. The maximum atomic E-state index is 8.47. The highest BCUT2D eigenvalue weighted by atomic mass is 16.5. The van der Waals surface area contributed by atoms with Crippen LogP contribution in [0.5, 0.6) is 0 Å². The molecule has 0 aliphatic carbocycles. The number of nitriles is 1. The predicted molar refractivity (Wildman–Crippen MR) is 55.9 cm³/mol. The molecule has 0 amide bonds. The standard InChI is InChI=1S/C11H20N2O/c1-10(5-7-12)13-8-6-11-4-2-3-9-14-11/h10-11,13H,2-6,8-9H2,1H3. The Balaban J connectivity index is 2.00. The summed E-state index contributed by atoms with van der Waals surface area (Å²) in [6, 6.07) is 2.47. The zero-order chi connectivity index (χ0) is 10.2. The third-order valence-electron chi connectivity index (χ3n) is 2.63. The topological polar surface area (TPSA) is 45.0 Å². The molecule has 0 radical (unpaired) electrons. The van der Waals surface area contributed by atoms with Crippen LogP contribution in [0.3, 0.4) is 0 Å². The summed E-state index contributed by atoms with van der Waals surface area (Å²) in [6.45, 7) is 3.94. The SMILES string of the molecule is CC(CC#N)NCCC1CCCCO1. The van der Waals surface area contributed by atoms with Gasteiger partial charge in [-0.3, -0.25) is 0 Å². The van der Waals surface area contributed by atoms with Crippen LogP contribution in [0.4, 0.5) is 0 Å². The summed E-state index contributed by atoms with van der Waals surface area (Å²) in [5.41, 5.74) is 0. The molecule has 0 spiro atoms. The molecule has 1 aliphatic heterocycles. The molecule has 1 saturated heterocycles. The van der Waals surface area contributed by atoms with Crippen LogP contribution in [0.25, 0.3) is 0 Å². The molecule has 0 aromatic heterocycles. The van der Waals surface area contributed by atoms with E-state index in [-0.39, 0.29) is 0 Å². The zero-order valence-electron chi connectivity index (χ0n) is 8.96. The highest BCUT2D eigenvalue weighted by Gasteiger charge is 2.13. The molecular weight excluding hydrogens is 176 g/mol. The monoisotopic (exact) mass is 196 g/mol. The molecule has 0 aromatic rings. The van der Waals surface area contributed by atoms with E-state index in [1.807, 2.05) is 6.92 Å². The van der Waals surface area contributed by atoms with Gasteiger partial charge in [0.05, 0.1) is 18.6 Å². The molecule has 3 heteroatoms. The summed E-state index contributed by atoms with van der Waals surface area (Å²) in [5.74, 6) is 0. The first-order valence-electron chi connectivity index (χ1n) is 5.55. The first-order chi connectivity index (χ1) is 6.83. The lowest BCUT2D eigenvalue weighted by Gasteiger charge is -2.23. The van der Waals surface area contributed by atoms with Crippen molar-refractivity contribution < 1.29 is 4.74 Å². The lowest BCUT2D eigenvalue weighted by molar-refractivity contribution is 0.0113. The molecule has 80 valence electrons. The van der Waals surface area contributed by atoms with Crippen LogP contribution >= 0.6 is 0 Å². The Morgan fingerprint density at radius 1 is 1.57 bits per heavy atom. The molecule has 1 heterocycles. The first-order valence-corrected chi connectivity index (χ1v) is 5.55. The molecule has 14 heavy (non-hydrogen) atoms. The van der Waals surface area contributed by atoms with Crippen LogP contribution in [-0.4, -0.2) is 25.3 Å². The number of hydrogen-bond donors (Lipinski definition) is 1. The summed E-state index contributed by atoms with van der Waals surface area (Å²) in [7, 11) is 0. The minimum atomic E-state index is 0.309. The number of rotatable bonds is 5. The highest BCUT2D eigenvalue weighted by molar-refractivity contribution is 4.77. The fraction of sp³-hybridized carbons (Fsp3) is 0.909. The second-order valence-corrected chi connectivity index (χ2v) is 3.99. The molecule has 0 aromatic carbocycles. The van der Waals surface area contributed by atoms with Gasteiger partial charge in [-0.25, -0.2) is 0 Å². The molecule has 3 nitrogen and oxygen atoms in total. The maximum Gasteiger partial charge on any atom is 0.0638 e. The summed E-state index contributed by atoms with van der Waals surface area (Å²) in [5, 5.41) is 11.8. The van der Waals surface area contributed by atoms with Crippen molar-refractivity contribution in [2.24, 2.45) is 0 Å². The van der Waals surface area contributed by atoms with Crippen molar-refractivity contribution in [1.29, 1.82) is 5.26 Å². The first kappa shape index (κ1) is 11.5. The Hall–Kier alpha value is -0.590. The summed E-state index contributed by atoms with van der Waals surface area (Å²) in [6.07, 6.45) is 5.84. The Morgan fingerprint density at radius 3 is 3.07 bits per heavy atom. The smallest absolute Gasteiger partial charge is 0.0638 e. The van der Waals surface area contributed by atoms with E-state index in [2.05, 4.69) is 11.4 Å². The van der Waals surface area contributed by atoms with Gasteiger partial charge in [0.25, 0.3) is 0 Å². The van der Waals surface area contributed by atoms with Crippen molar-refractivity contribution in [2.45, 2.75) is 51.2 Å². The fourth-order valence-electron chi connectivity index (χ4n) is 1.73. The van der Waals surface area contributed by atoms with Gasteiger partial charge in [-0.1, -0.05) is 0 Å². The lowest BCUT2D eigenvalue weighted by atomic mass is 10.1. The van der Waals surface area contributed by atoms with Crippen molar-refractivity contribution in [3.63, 3.8) is 0 Å². The van der Waals surface area contributed by atoms with Crippen LogP contribution < -0.4 is 5.32 Å². The summed E-state index contributed by atoms with van der Waals surface area (Å²) < 4.78 is 5.61. The Morgan fingerprint density at radius 2 is 2.43 bits per heavy atom. The van der Waals surface area contributed by atoms with E-state index in [4.69, 9.17) is 10.00 Å². The van der Waals surface area contributed by atoms with Crippen molar-refractivity contribution in [2.75, 3.05) is 13.2 Å². The molecule has 0 bridgehead atoms. The van der Waals surface area contributed by atoms with E-state index in [0.717, 1.165) is 19.6 Å². The Bertz CT molecular complexity index is 182. The zero-order valence-corrected chi connectivity index (χ0v) is 8.96. The third-order valence-corrected chi connectivity index (χ3v) is 2.63. The third kappa shape index (κ3) is 4.59. The minimum absolute atomic E-state index is 0.309. The predicted octanol–water partition coefficient (Wildman–Crippen LogP) is 1.84. The van der Waals surface area contributed by atoms with Crippen LogP contribution in [-0.2, 0) is 4.74 Å². The van der Waals surface area contributed by atoms with Crippen LogP contribution in [0, 0.1) is 11.3 Å². The van der Waals surface area contributed by atoms with Crippen molar-refractivity contribution >= 4 is 0 Å². The number of nitrogens with zero attached hydrogens (tertiary/aromatic N) is 1. The second kappa shape index (κ2) is 6.80. The quantitative estimate of drug-likeness (QED) is 0.729. The molecule has 0 saturated carbocycles. The van der Waals surface area contributed by atoms with Crippen LogP contribution in [0.2, 0.25) is 0 Å². The van der Waals surface area contributed by atoms with E-state index >= 15 is 0 Å². The number of ether oxygens (including phenoxy) is 1.